The molecule has 1 heterocycles. The molecule has 0 bridgehead atoms. The van der Waals surface area contributed by atoms with Crippen molar-refractivity contribution >= 4 is 32.6 Å². The third-order valence-corrected chi connectivity index (χ3v) is 4.55. The Balaban J connectivity index is 2.04. The third-order valence-electron chi connectivity index (χ3n) is 3.51. The molecule has 0 fully saturated rings. The van der Waals surface area contributed by atoms with E-state index in [1.54, 1.807) is 12.1 Å². The summed E-state index contributed by atoms with van der Waals surface area (Å²) in [7, 11) is 0. The van der Waals surface area contributed by atoms with E-state index in [4.69, 9.17) is 0 Å². The fourth-order valence-corrected chi connectivity index (χ4v) is 3.44. The largest absolute Gasteiger partial charge is 0.284 e. The number of hydrogen-bond donors (Lipinski definition) is 0. The second-order valence-corrected chi connectivity index (χ2v) is 5.96. The van der Waals surface area contributed by atoms with Crippen molar-refractivity contribution in [2.45, 2.75) is 13.8 Å². The minimum Gasteiger partial charge on any atom is -0.284 e. The number of halogens is 1. The topological polar surface area (TPSA) is 33.2 Å². The predicted octanol–water partition coefficient (Wildman–Crippen LogP) is 4.41. The molecule has 3 aromatic rings. The quantitative estimate of drug-likeness (QED) is 0.717. The highest BCUT2D eigenvalue weighted by Crippen LogP contribution is 2.31. The van der Waals surface area contributed by atoms with E-state index in [0.717, 1.165) is 15.8 Å². The van der Waals surface area contributed by atoms with Gasteiger partial charge in [-0.3, -0.25) is 9.69 Å². The van der Waals surface area contributed by atoms with Gasteiger partial charge in [0.05, 0.1) is 15.8 Å². The number of aromatic nitrogens is 1. The van der Waals surface area contributed by atoms with Crippen LogP contribution in [0.3, 0.4) is 0 Å². The van der Waals surface area contributed by atoms with Crippen molar-refractivity contribution in [3.05, 3.63) is 59.4 Å². The minimum atomic E-state index is -0.511. The molecule has 0 aliphatic heterocycles. The first-order valence-electron chi connectivity index (χ1n) is 7.04. The van der Waals surface area contributed by atoms with Gasteiger partial charge in [-0.05, 0) is 37.6 Å². The zero-order chi connectivity index (χ0) is 15.7. The third kappa shape index (κ3) is 2.48. The standard InChI is InChI=1S/C17H15FN2OS/c1-3-20(16(21)12-8-4-5-9-13(12)18)17-19-15-11(2)7-6-10-14(15)22-17/h4-10H,3H2,1-2H3. The van der Waals surface area contributed by atoms with Gasteiger partial charge in [-0.15, -0.1) is 0 Å². The van der Waals surface area contributed by atoms with Gasteiger partial charge in [0.25, 0.3) is 5.91 Å². The van der Waals surface area contributed by atoms with Crippen LogP contribution in [0.2, 0.25) is 0 Å². The molecule has 0 aliphatic rings. The van der Waals surface area contributed by atoms with E-state index in [1.807, 2.05) is 32.0 Å². The number of anilines is 1. The van der Waals surface area contributed by atoms with Crippen LogP contribution >= 0.6 is 11.3 Å². The number of aryl methyl sites for hydroxylation is 1. The number of carbonyl (C=O) groups is 1. The van der Waals surface area contributed by atoms with Crippen LogP contribution in [-0.2, 0) is 0 Å². The van der Waals surface area contributed by atoms with Crippen LogP contribution in [0.5, 0.6) is 0 Å². The second kappa shape index (κ2) is 5.85. The first-order valence-corrected chi connectivity index (χ1v) is 7.86. The van der Waals surface area contributed by atoms with Crippen LogP contribution in [-0.4, -0.2) is 17.4 Å². The highest BCUT2D eigenvalue weighted by atomic mass is 32.1. The molecular weight excluding hydrogens is 299 g/mol. The first-order chi connectivity index (χ1) is 10.6. The molecule has 112 valence electrons. The Labute approximate surface area is 132 Å². The Morgan fingerprint density at radius 3 is 2.68 bits per heavy atom. The van der Waals surface area contributed by atoms with Crippen LogP contribution in [0, 0.1) is 12.7 Å². The summed E-state index contributed by atoms with van der Waals surface area (Å²) < 4.78 is 14.9. The Kier molecular flexibility index (Phi) is 3.90. The summed E-state index contributed by atoms with van der Waals surface area (Å²) in [6.07, 6.45) is 0. The highest BCUT2D eigenvalue weighted by molar-refractivity contribution is 7.22. The number of nitrogens with zero attached hydrogens (tertiary/aromatic N) is 2. The van der Waals surface area contributed by atoms with Crippen molar-refractivity contribution in [2.75, 3.05) is 11.4 Å². The van der Waals surface area contributed by atoms with Crippen LogP contribution in [0.4, 0.5) is 9.52 Å². The van der Waals surface area contributed by atoms with Crippen LogP contribution < -0.4 is 4.90 Å². The second-order valence-electron chi connectivity index (χ2n) is 4.95. The monoisotopic (exact) mass is 314 g/mol. The van der Waals surface area contributed by atoms with Gasteiger partial charge >= 0.3 is 0 Å². The number of hydrogen-bond acceptors (Lipinski definition) is 3. The molecule has 3 rings (SSSR count). The van der Waals surface area contributed by atoms with E-state index < -0.39 is 5.82 Å². The zero-order valence-electron chi connectivity index (χ0n) is 12.3. The van der Waals surface area contributed by atoms with E-state index in [-0.39, 0.29) is 11.5 Å². The molecule has 0 aliphatic carbocycles. The Morgan fingerprint density at radius 2 is 2.00 bits per heavy atom. The molecule has 22 heavy (non-hydrogen) atoms. The Morgan fingerprint density at radius 1 is 1.23 bits per heavy atom. The van der Waals surface area contributed by atoms with Gasteiger partial charge in [-0.2, -0.15) is 0 Å². The summed E-state index contributed by atoms with van der Waals surface area (Å²) >= 11 is 1.44. The summed E-state index contributed by atoms with van der Waals surface area (Å²) in [5, 5.41) is 0.597. The Bertz CT molecular complexity index is 844. The molecule has 5 heteroatoms. The maximum absolute atomic E-state index is 13.9. The number of para-hydroxylation sites is 1. The summed E-state index contributed by atoms with van der Waals surface area (Å²) in [4.78, 5) is 18.7. The number of thiazole rings is 1. The van der Waals surface area contributed by atoms with Crippen LogP contribution in [0.15, 0.2) is 42.5 Å². The molecular formula is C17H15FN2OS. The molecule has 0 N–H and O–H groups in total. The number of fused-ring (bicyclic) bond motifs is 1. The van der Waals surface area contributed by atoms with Crippen molar-refractivity contribution < 1.29 is 9.18 Å². The molecule has 0 saturated heterocycles. The van der Waals surface area contributed by atoms with Crippen LogP contribution in [0.1, 0.15) is 22.8 Å². The summed E-state index contributed by atoms with van der Waals surface area (Å²) in [5.41, 5.74) is 2.03. The molecule has 2 aromatic carbocycles. The van der Waals surface area contributed by atoms with Crippen molar-refractivity contribution in [2.24, 2.45) is 0 Å². The fraction of sp³-hybridized carbons (Fsp3) is 0.176. The van der Waals surface area contributed by atoms with E-state index in [0.29, 0.717) is 11.7 Å². The highest BCUT2D eigenvalue weighted by Gasteiger charge is 2.22. The van der Waals surface area contributed by atoms with Gasteiger partial charge < -0.3 is 0 Å². The van der Waals surface area contributed by atoms with E-state index in [1.165, 1.54) is 28.4 Å². The average Bonchev–Trinajstić information content (AvgIpc) is 2.93. The van der Waals surface area contributed by atoms with Gasteiger partial charge in [-0.25, -0.2) is 9.37 Å². The number of rotatable bonds is 3. The van der Waals surface area contributed by atoms with Gasteiger partial charge in [0, 0.05) is 6.54 Å². The molecule has 0 saturated carbocycles. The lowest BCUT2D eigenvalue weighted by atomic mass is 10.2. The normalized spacial score (nSPS) is 10.9. The SMILES string of the molecule is CCN(C(=O)c1ccccc1F)c1nc2c(C)cccc2s1. The smallest absolute Gasteiger partial charge is 0.263 e. The molecule has 0 unspecified atom stereocenters. The molecule has 3 nitrogen and oxygen atoms in total. The van der Waals surface area contributed by atoms with Gasteiger partial charge in [-0.1, -0.05) is 35.6 Å². The van der Waals surface area contributed by atoms with Gasteiger partial charge in [0.2, 0.25) is 0 Å². The maximum atomic E-state index is 13.9. The van der Waals surface area contributed by atoms with Crippen molar-refractivity contribution in [1.29, 1.82) is 0 Å². The van der Waals surface area contributed by atoms with E-state index in [9.17, 15) is 9.18 Å². The van der Waals surface area contributed by atoms with Crippen molar-refractivity contribution in [1.82, 2.24) is 4.98 Å². The summed E-state index contributed by atoms with van der Waals surface area (Å²) in [6, 6.07) is 12.0. The van der Waals surface area contributed by atoms with Crippen molar-refractivity contribution in [3.8, 4) is 0 Å². The van der Waals surface area contributed by atoms with E-state index in [2.05, 4.69) is 4.98 Å². The molecule has 0 spiro atoms. The van der Waals surface area contributed by atoms with Gasteiger partial charge in [0.1, 0.15) is 5.82 Å². The minimum absolute atomic E-state index is 0.0697. The number of amides is 1. The fourth-order valence-electron chi connectivity index (χ4n) is 2.34. The molecule has 0 radical (unpaired) electrons. The molecule has 1 aromatic heterocycles. The average molecular weight is 314 g/mol. The first kappa shape index (κ1) is 14.7. The molecule has 1 amide bonds. The Hall–Kier alpha value is -2.27. The van der Waals surface area contributed by atoms with E-state index >= 15 is 0 Å². The van der Waals surface area contributed by atoms with Crippen molar-refractivity contribution in [3.63, 3.8) is 0 Å². The zero-order valence-corrected chi connectivity index (χ0v) is 13.2. The predicted molar refractivity (Wildman–Crippen MR) is 88.1 cm³/mol. The lowest BCUT2D eigenvalue weighted by Gasteiger charge is -2.17. The summed E-state index contributed by atoms with van der Waals surface area (Å²) in [5.74, 6) is -0.874. The number of carbonyl (C=O) groups excluding carboxylic acids is 1. The summed E-state index contributed by atoms with van der Waals surface area (Å²) in [6.45, 7) is 4.28. The lowest BCUT2D eigenvalue weighted by molar-refractivity contribution is 0.0984. The maximum Gasteiger partial charge on any atom is 0.263 e. The number of benzene rings is 2. The molecule has 0 atom stereocenters. The lowest BCUT2D eigenvalue weighted by Crippen LogP contribution is -2.31. The van der Waals surface area contributed by atoms with Gasteiger partial charge in [0.15, 0.2) is 5.13 Å². The van der Waals surface area contributed by atoms with Crippen LogP contribution in [0.25, 0.3) is 10.2 Å².